The SMILES string of the molecule is COCCN(CCC#N)S(=O)(=O)c1cccc(F)c1N. The molecule has 0 radical (unpaired) electrons. The van der Waals surface area contributed by atoms with Gasteiger partial charge < -0.3 is 10.5 Å². The number of ether oxygens (including phenoxy) is 1. The Morgan fingerprint density at radius 3 is 2.75 bits per heavy atom. The Morgan fingerprint density at radius 1 is 1.45 bits per heavy atom. The zero-order valence-corrected chi connectivity index (χ0v) is 11.9. The number of anilines is 1. The summed E-state index contributed by atoms with van der Waals surface area (Å²) in [6.07, 6.45) is 0.0260. The van der Waals surface area contributed by atoms with Gasteiger partial charge in [0.2, 0.25) is 10.0 Å². The van der Waals surface area contributed by atoms with Crippen LogP contribution in [0.25, 0.3) is 0 Å². The second-order valence-electron chi connectivity index (χ2n) is 3.96. The fraction of sp³-hybridized carbons (Fsp3) is 0.417. The van der Waals surface area contributed by atoms with Crippen molar-refractivity contribution in [2.75, 3.05) is 32.5 Å². The Labute approximate surface area is 117 Å². The number of halogens is 1. The highest BCUT2D eigenvalue weighted by Crippen LogP contribution is 2.24. The van der Waals surface area contributed by atoms with Crippen molar-refractivity contribution in [1.29, 1.82) is 5.26 Å². The summed E-state index contributed by atoms with van der Waals surface area (Å²) in [5.41, 5.74) is 5.06. The number of sulfonamides is 1. The van der Waals surface area contributed by atoms with Crippen LogP contribution in [-0.4, -0.2) is 39.5 Å². The maximum Gasteiger partial charge on any atom is 0.245 e. The molecule has 0 bridgehead atoms. The number of para-hydroxylation sites is 1. The molecule has 0 spiro atoms. The summed E-state index contributed by atoms with van der Waals surface area (Å²) in [6.45, 7) is 0.231. The molecule has 0 heterocycles. The first-order chi connectivity index (χ1) is 9.45. The molecule has 0 atom stereocenters. The first-order valence-electron chi connectivity index (χ1n) is 5.85. The summed E-state index contributed by atoms with van der Waals surface area (Å²) in [5, 5.41) is 8.59. The van der Waals surface area contributed by atoms with Crippen molar-refractivity contribution in [2.45, 2.75) is 11.3 Å². The van der Waals surface area contributed by atoms with Gasteiger partial charge in [-0.2, -0.15) is 9.57 Å². The molecular formula is C12H16FN3O3S. The van der Waals surface area contributed by atoms with Gasteiger partial charge in [-0.1, -0.05) is 6.07 Å². The molecule has 0 saturated heterocycles. The molecule has 0 unspecified atom stereocenters. The molecule has 0 aromatic heterocycles. The Kier molecular flexibility index (Phi) is 5.88. The van der Waals surface area contributed by atoms with Gasteiger partial charge in [0.15, 0.2) is 0 Å². The number of benzene rings is 1. The third-order valence-electron chi connectivity index (χ3n) is 2.65. The number of hydrogen-bond acceptors (Lipinski definition) is 5. The van der Waals surface area contributed by atoms with Crippen LogP contribution in [0.5, 0.6) is 0 Å². The van der Waals surface area contributed by atoms with Crippen LogP contribution in [0.3, 0.4) is 0 Å². The average molecular weight is 301 g/mol. The van der Waals surface area contributed by atoms with Crippen molar-refractivity contribution in [2.24, 2.45) is 0 Å². The van der Waals surface area contributed by atoms with Gasteiger partial charge in [-0.25, -0.2) is 12.8 Å². The van der Waals surface area contributed by atoms with Gasteiger partial charge in [-0.05, 0) is 12.1 Å². The summed E-state index contributed by atoms with van der Waals surface area (Å²) in [5.74, 6) is -0.793. The molecule has 20 heavy (non-hydrogen) atoms. The number of hydrogen-bond donors (Lipinski definition) is 1. The number of nitriles is 1. The lowest BCUT2D eigenvalue weighted by atomic mass is 10.3. The van der Waals surface area contributed by atoms with Crippen molar-refractivity contribution >= 4 is 15.7 Å². The molecule has 1 aromatic rings. The molecule has 0 saturated carbocycles. The van der Waals surface area contributed by atoms with Crippen molar-refractivity contribution in [3.8, 4) is 6.07 Å². The molecule has 110 valence electrons. The van der Waals surface area contributed by atoms with Crippen LogP contribution >= 0.6 is 0 Å². The molecule has 0 fully saturated rings. The molecule has 8 heteroatoms. The fourth-order valence-corrected chi connectivity index (χ4v) is 3.15. The Morgan fingerprint density at radius 2 is 2.15 bits per heavy atom. The minimum atomic E-state index is -3.96. The molecule has 1 rings (SSSR count). The molecule has 0 aliphatic rings. The third-order valence-corrected chi connectivity index (χ3v) is 4.61. The van der Waals surface area contributed by atoms with Crippen molar-refractivity contribution in [3.05, 3.63) is 24.0 Å². The Bertz CT molecular complexity index is 598. The van der Waals surface area contributed by atoms with Crippen LogP contribution in [0.4, 0.5) is 10.1 Å². The van der Waals surface area contributed by atoms with Crippen LogP contribution in [0, 0.1) is 17.1 Å². The number of rotatable bonds is 7. The lowest BCUT2D eigenvalue weighted by Gasteiger charge is -2.21. The first-order valence-corrected chi connectivity index (χ1v) is 7.29. The van der Waals surface area contributed by atoms with E-state index in [9.17, 15) is 12.8 Å². The number of nitrogens with zero attached hydrogens (tertiary/aromatic N) is 2. The third kappa shape index (κ3) is 3.66. The maximum absolute atomic E-state index is 13.4. The van der Waals surface area contributed by atoms with E-state index in [1.807, 2.05) is 6.07 Å². The van der Waals surface area contributed by atoms with E-state index in [1.54, 1.807) is 0 Å². The summed E-state index contributed by atoms with van der Waals surface area (Å²) in [7, 11) is -2.53. The first kappa shape index (κ1) is 16.4. The molecule has 0 aliphatic heterocycles. The molecule has 2 N–H and O–H groups in total. The quantitative estimate of drug-likeness (QED) is 0.757. The zero-order chi connectivity index (χ0) is 15.2. The zero-order valence-electron chi connectivity index (χ0n) is 11.0. The van der Waals surface area contributed by atoms with Gasteiger partial charge in [-0.3, -0.25) is 0 Å². The molecule has 1 aromatic carbocycles. The van der Waals surface area contributed by atoms with E-state index < -0.39 is 21.5 Å². The topological polar surface area (TPSA) is 96.4 Å². The summed E-state index contributed by atoms with van der Waals surface area (Å²) < 4.78 is 44.2. The fourth-order valence-electron chi connectivity index (χ4n) is 1.60. The Balaban J connectivity index is 3.15. The van der Waals surface area contributed by atoms with Crippen LogP contribution < -0.4 is 5.73 Å². The van der Waals surface area contributed by atoms with Gasteiger partial charge in [0.25, 0.3) is 0 Å². The van der Waals surface area contributed by atoms with E-state index >= 15 is 0 Å². The van der Waals surface area contributed by atoms with Crippen molar-refractivity contribution < 1.29 is 17.5 Å². The van der Waals surface area contributed by atoms with Gasteiger partial charge in [-0.15, -0.1) is 0 Å². The van der Waals surface area contributed by atoms with Crippen LogP contribution in [-0.2, 0) is 14.8 Å². The molecule has 0 aliphatic carbocycles. The number of nitrogens with two attached hydrogens (primary N) is 1. The standard InChI is InChI=1S/C12H16FN3O3S/c1-19-9-8-16(7-3-6-14)20(17,18)11-5-2-4-10(13)12(11)15/h2,4-5H,3,7-9,15H2,1H3. The normalized spacial score (nSPS) is 11.5. The second-order valence-corrected chi connectivity index (χ2v) is 5.86. The van der Waals surface area contributed by atoms with E-state index in [1.165, 1.54) is 19.2 Å². The minimum Gasteiger partial charge on any atom is -0.395 e. The highest BCUT2D eigenvalue weighted by Gasteiger charge is 2.27. The van der Waals surface area contributed by atoms with Crippen molar-refractivity contribution in [1.82, 2.24) is 4.31 Å². The number of nitrogen functional groups attached to an aromatic ring is 1. The van der Waals surface area contributed by atoms with E-state index in [0.717, 1.165) is 10.4 Å². The molecule has 6 nitrogen and oxygen atoms in total. The Hall–Kier alpha value is -1.69. The molecular weight excluding hydrogens is 285 g/mol. The van der Waals surface area contributed by atoms with Crippen LogP contribution in [0.2, 0.25) is 0 Å². The smallest absolute Gasteiger partial charge is 0.245 e. The highest BCUT2D eigenvalue weighted by molar-refractivity contribution is 7.89. The van der Waals surface area contributed by atoms with E-state index in [4.69, 9.17) is 15.7 Å². The minimum absolute atomic E-state index is 0.00184. The highest BCUT2D eigenvalue weighted by atomic mass is 32.2. The predicted octanol–water partition coefficient (Wildman–Crippen LogP) is 0.959. The maximum atomic E-state index is 13.4. The monoisotopic (exact) mass is 301 g/mol. The summed E-state index contributed by atoms with van der Waals surface area (Å²) in [4.78, 5) is -0.299. The average Bonchev–Trinajstić information content (AvgIpc) is 2.41. The van der Waals surface area contributed by atoms with Crippen LogP contribution in [0.1, 0.15) is 6.42 Å². The summed E-state index contributed by atoms with van der Waals surface area (Å²) in [6, 6.07) is 5.47. The van der Waals surface area contributed by atoms with Gasteiger partial charge >= 0.3 is 0 Å². The van der Waals surface area contributed by atoms with Gasteiger partial charge in [0.1, 0.15) is 10.7 Å². The predicted molar refractivity (Wildman–Crippen MR) is 71.7 cm³/mol. The number of methoxy groups -OCH3 is 1. The lowest BCUT2D eigenvalue weighted by Crippen LogP contribution is -2.35. The van der Waals surface area contributed by atoms with E-state index in [0.29, 0.717) is 0 Å². The van der Waals surface area contributed by atoms with Crippen molar-refractivity contribution in [3.63, 3.8) is 0 Å². The molecule has 0 amide bonds. The van der Waals surface area contributed by atoms with Crippen LogP contribution in [0.15, 0.2) is 23.1 Å². The van der Waals surface area contributed by atoms with Gasteiger partial charge in [0, 0.05) is 26.6 Å². The van der Waals surface area contributed by atoms with E-state index in [2.05, 4.69) is 0 Å². The van der Waals surface area contributed by atoms with Gasteiger partial charge in [0.05, 0.1) is 18.4 Å². The second kappa shape index (κ2) is 7.19. The lowest BCUT2D eigenvalue weighted by molar-refractivity contribution is 0.179. The largest absolute Gasteiger partial charge is 0.395 e. The summed E-state index contributed by atoms with van der Waals surface area (Å²) >= 11 is 0. The van der Waals surface area contributed by atoms with E-state index in [-0.39, 0.29) is 31.0 Å².